The Kier molecular flexibility index (Phi) is 3.90. The first kappa shape index (κ1) is 12.5. The molecule has 1 aromatic carbocycles. The van der Waals surface area contributed by atoms with Gasteiger partial charge >= 0.3 is 0 Å². The predicted octanol–water partition coefficient (Wildman–Crippen LogP) is 3.43. The maximum Gasteiger partial charge on any atom is 0.251 e. The summed E-state index contributed by atoms with van der Waals surface area (Å²) in [6.07, 6.45) is 0. The lowest BCUT2D eigenvalue weighted by Crippen LogP contribution is -1.99. The highest BCUT2D eigenvalue weighted by atomic mass is 79.9. The molecule has 0 N–H and O–H groups in total. The number of hydrogen-bond acceptors (Lipinski definition) is 3. The molecule has 0 radical (unpaired) electrons. The van der Waals surface area contributed by atoms with Gasteiger partial charge < -0.3 is 4.74 Å². The number of pyridine rings is 1. The Labute approximate surface area is 112 Å². The van der Waals surface area contributed by atoms with Crippen molar-refractivity contribution < 1.29 is 9.13 Å². The first-order valence-electron chi connectivity index (χ1n) is 5.13. The highest BCUT2D eigenvalue weighted by molar-refractivity contribution is 9.10. The number of aromatic nitrogens is 1. The smallest absolute Gasteiger partial charge is 0.251 e. The van der Waals surface area contributed by atoms with Gasteiger partial charge in [0.05, 0.1) is 11.6 Å². The van der Waals surface area contributed by atoms with Gasteiger partial charge in [0.1, 0.15) is 11.2 Å². The average molecular weight is 307 g/mol. The summed E-state index contributed by atoms with van der Waals surface area (Å²) in [5.74, 6) is -0.555. The van der Waals surface area contributed by atoms with Crippen LogP contribution in [0.25, 0.3) is 0 Å². The SMILES string of the molecule is N#Cc1ccc(COc2nc(Br)ccc2F)cc1. The van der Waals surface area contributed by atoms with Crippen molar-refractivity contribution in [3.8, 4) is 11.9 Å². The largest absolute Gasteiger partial charge is 0.471 e. The first-order valence-corrected chi connectivity index (χ1v) is 5.92. The van der Waals surface area contributed by atoms with E-state index in [4.69, 9.17) is 10.00 Å². The van der Waals surface area contributed by atoms with Crippen molar-refractivity contribution in [3.63, 3.8) is 0 Å². The quantitative estimate of drug-likeness (QED) is 0.816. The molecule has 2 aromatic rings. The number of hydrogen-bond donors (Lipinski definition) is 0. The fourth-order valence-electron chi connectivity index (χ4n) is 1.33. The molecule has 0 unspecified atom stereocenters. The lowest BCUT2D eigenvalue weighted by molar-refractivity contribution is 0.276. The van der Waals surface area contributed by atoms with Gasteiger partial charge in [-0.05, 0) is 45.8 Å². The molecular formula is C13H8BrFN2O. The minimum atomic E-state index is -0.508. The predicted molar refractivity (Wildman–Crippen MR) is 67.4 cm³/mol. The molecule has 0 aliphatic rings. The van der Waals surface area contributed by atoms with E-state index in [9.17, 15) is 4.39 Å². The van der Waals surface area contributed by atoms with Gasteiger partial charge in [0.25, 0.3) is 5.88 Å². The molecule has 18 heavy (non-hydrogen) atoms. The fourth-order valence-corrected chi connectivity index (χ4v) is 1.62. The van der Waals surface area contributed by atoms with Gasteiger partial charge in [-0.1, -0.05) is 12.1 Å². The molecule has 0 saturated heterocycles. The zero-order valence-corrected chi connectivity index (χ0v) is 10.8. The van der Waals surface area contributed by atoms with Gasteiger partial charge in [-0.3, -0.25) is 0 Å². The van der Waals surface area contributed by atoms with E-state index in [1.54, 1.807) is 24.3 Å². The van der Waals surface area contributed by atoms with Crippen molar-refractivity contribution in [1.29, 1.82) is 5.26 Å². The van der Waals surface area contributed by atoms with E-state index in [1.807, 2.05) is 6.07 Å². The molecule has 0 bridgehead atoms. The van der Waals surface area contributed by atoms with Crippen molar-refractivity contribution in [2.75, 3.05) is 0 Å². The van der Waals surface area contributed by atoms with E-state index in [-0.39, 0.29) is 12.5 Å². The van der Waals surface area contributed by atoms with Crippen LogP contribution in [0, 0.1) is 17.1 Å². The number of halogens is 2. The number of benzene rings is 1. The second kappa shape index (κ2) is 5.61. The molecule has 1 aromatic heterocycles. The minimum Gasteiger partial charge on any atom is -0.471 e. The number of nitriles is 1. The molecule has 0 atom stereocenters. The van der Waals surface area contributed by atoms with Gasteiger partial charge in [-0.25, -0.2) is 9.37 Å². The maximum atomic E-state index is 13.3. The van der Waals surface area contributed by atoms with Gasteiger partial charge in [0, 0.05) is 0 Å². The van der Waals surface area contributed by atoms with Crippen molar-refractivity contribution in [2.24, 2.45) is 0 Å². The summed E-state index contributed by atoms with van der Waals surface area (Å²) in [4.78, 5) is 3.89. The summed E-state index contributed by atoms with van der Waals surface area (Å²) in [7, 11) is 0. The fraction of sp³-hybridized carbons (Fsp3) is 0.0769. The van der Waals surface area contributed by atoms with E-state index < -0.39 is 5.82 Å². The van der Waals surface area contributed by atoms with Crippen molar-refractivity contribution in [1.82, 2.24) is 4.98 Å². The molecule has 2 rings (SSSR count). The Bertz CT molecular complexity index is 593. The van der Waals surface area contributed by atoms with Gasteiger partial charge in [-0.15, -0.1) is 0 Å². The summed E-state index contributed by atoms with van der Waals surface area (Å²) in [6.45, 7) is 0.200. The van der Waals surface area contributed by atoms with Crippen LogP contribution in [-0.2, 0) is 6.61 Å². The third-order valence-corrected chi connectivity index (χ3v) is 2.68. The second-order valence-corrected chi connectivity index (χ2v) is 4.33. The molecule has 90 valence electrons. The lowest BCUT2D eigenvalue weighted by Gasteiger charge is -2.06. The Hall–Kier alpha value is -1.93. The molecule has 1 heterocycles. The van der Waals surface area contributed by atoms with Crippen molar-refractivity contribution in [3.05, 3.63) is 57.9 Å². The minimum absolute atomic E-state index is 0.0475. The zero-order valence-electron chi connectivity index (χ0n) is 9.23. The van der Waals surface area contributed by atoms with Crippen molar-refractivity contribution in [2.45, 2.75) is 6.61 Å². The Morgan fingerprint density at radius 3 is 2.61 bits per heavy atom. The van der Waals surface area contributed by atoms with Crippen LogP contribution in [-0.4, -0.2) is 4.98 Å². The summed E-state index contributed by atoms with van der Waals surface area (Å²) in [5.41, 5.74) is 1.42. The Morgan fingerprint density at radius 2 is 1.94 bits per heavy atom. The second-order valence-electron chi connectivity index (χ2n) is 3.52. The van der Waals surface area contributed by atoms with E-state index in [2.05, 4.69) is 20.9 Å². The standard InChI is InChI=1S/C13H8BrFN2O/c14-12-6-5-11(15)13(17-12)18-8-10-3-1-9(7-16)2-4-10/h1-6H,8H2. The molecule has 0 fully saturated rings. The molecule has 3 nitrogen and oxygen atoms in total. The lowest BCUT2D eigenvalue weighted by atomic mass is 10.2. The van der Waals surface area contributed by atoms with Crippen LogP contribution in [0.2, 0.25) is 0 Å². The molecular weight excluding hydrogens is 299 g/mol. The van der Waals surface area contributed by atoms with Gasteiger partial charge in [0.15, 0.2) is 5.82 Å². The summed E-state index contributed by atoms with van der Waals surface area (Å²) in [5, 5.41) is 8.66. The monoisotopic (exact) mass is 306 g/mol. The third kappa shape index (κ3) is 3.05. The highest BCUT2D eigenvalue weighted by Gasteiger charge is 2.06. The number of rotatable bonds is 3. The maximum absolute atomic E-state index is 13.3. The number of nitrogens with zero attached hydrogens (tertiary/aromatic N) is 2. The first-order chi connectivity index (χ1) is 8.69. The molecule has 0 saturated carbocycles. The van der Waals surface area contributed by atoms with Gasteiger partial charge in [0.2, 0.25) is 0 Å². The number of ether oxygens (including phenoxy) is 1. The molecule has 5 heteroatoms. The summed E-state index contributed by atoms with van der Waals surface area (Å²) < 4.78 is 19.1. The topological polar surface area (TPSA) is 45.9 Å². The summed E-state index contributed by atoms with van der Waals surface area (Å²) in [6, 6.07) is 11.7. The van der Waals surface area contributed by atoms with Crippen LogP contribution in [0.4, 0.5) is 4.39 Å². The van der Waals surface area contributed by atoms with Crippen LogP contribution < -0.4 is 4.74 Å². The van der Waals surface area contributed by atoms with Crippen LogP contribution in [0.3, 0.4) is 0 Å². The van der Waals surface area contributed by atoms with E-state index in [1.165, 1.54) is 12.1 Å². The normalized spacial score (nSPS) is 9.83. The van der Waals surface area contributed by atoms with Crippen LogP contribution in [0.15, 0.2) is 41.0 Å². The molecule has 0 spiro atoms. The van der Waals surface area contributed by atoms with Crippen molar-refractivity contribution >= 4 is 15.9 Å². The zero-order chi connectivity index (χ0) is 13.0. The van der Waals surface area contributed by atoms with Crippen LogP contribution in [0.5, 0.6) is 5.88 Å². The summed E-state index contributed by atoms with van der Waals surface area (Å²) >= 11 is 3.15. The Morgan fingerprint density at radius 1 is 1.22 bits per heavy atom. The van der Waals surface area contributed by atoms with E-state index >= 15 is 0 Å². The highest BCUT2D eigenvalue weighted by Crippen LogP contribution is 2.18. The van der Waals surface area contributed by atoms with Gasteiger partial charge in [-0.2, -0.15) is 5.26 Å². The molecule has 0 aliphatic carbocycles. The van der Waals surface area contributed by atoms with E-state index in [0.29, 0.717) is 10.2 Å². The van der Waals surface area contributed by atoms with Crippen LogP contribution >= 0.6 is 15.9 Å². The molecule has 0 amide bonds. The Balaban J connectivity index is 2.07. The molecule has 0 aliphatic heterocycles. The van der Waals surface area contributed by atoms with Crippen LogP contribution in [0.1, 0.15) is 11.1 Å². The third-order valence-electron chi connectivity index (χ3n) is 2.24. The average Bonchev–Trinajstić information content (AvgIpc) is 2.40. The van der Waals surface area contributed by atoms with E-state index in [0.717, 1.165) is 5.56 Å².